The lowest BCUT2D eigenvalue weighted by atomic mass is 9.90. The molecule has 0 bridgehead atoms. The summed E-state index contributed by atoms with van der Waals surface area (Å²) >= 11 is 0. The van der Waals surface area contributed by atoms with Crippen molar-refractivity contribution in [3.8, 4) is 0 Å². The summed E-state index contributed by atoms with van der Waals surface area (Å²) in [6, 6.07) is 5.62. The number of carbonyl (C=O) groups is 2. The molecule has 1 aliphatic rings. The minimum Gasteiger partial charge on any atom is -0.313 e. The van der Waals surface area contributed by atoms with Crippen LogP contribution in [-0.4, -0.2) is 46.7 Å². The van der Waals surface area contributed by atoms with Gasteiger partial charge in [0.05, 0.1) is 24.2 Å². The van der Waals surface area contributed by atoms with Gasteiger partial charge in [-0.1, -0.05) is 6.07 Å². The van der Waals surface area contributed by atoms with Crippen LogP contribution in [0.3, 0.4) is 0 Å². The molecule has 2 rings (SSSR count). The molecule has 0 aromatic heterocycles. The Balaban J connectivity index is 2.30. The van der Waals surface area contributed by atoms with Gasteiger partial charge < -0.3 is 9.80 Å². The summed E-state index contributed by atoms with van der Waals surface area (Å²) in [6.07, 6.45) is 2.16. The Bertz CT molecular complexity index is 817. The number of hydrogen-bond acceptors (Lipinski definition) is 5. The topological polar surface area (TPSA) is 84.0 Å². The molecule has 0 N–H and O–H groups in total. The van der Waals surface area contributed by atoms with Crippen LogP contribution in [0.4, 0.5) is 11.4 Å². The van der Waals surface area contributed by atoms with E-state index in [1.54, 1.807) is 25.8 Å². The van der Waals surface area contributed by atoms with Crippen LogP contribution < -0.4 is 9.80 Å². The molecule has 0 unspecified atom stereocenters. The van der Waals surface area contributed by atoms with E-state index in [9.17, 15) is 18.0 Å². The van der Waals surface area contributed by atoms with Gasteiger partial charge in [0, 0.05) is 13.6 Å². The third kappa shape index (κ3) is 4.07. The SMILES string of the molecule is CCN1C(=O)C(C)(C)C(=O)N(C)c2cc(CCCOS(C)(=O)=O)ccc21. The zero-order valence-electron chi connectivity index (χ0n) is 15.9. The summed E-state index contributed by atoms with van der Waals surface area (Å²) in [5, 5.41) is 0. The number of aryl methyl sites for hydroxylation is 1. The molecule has 1 aliphatic heterocycles. The van der Waals surface area contributed by atoms with Crippen molar-refractivity contribution < 1.29 is 22.2 Å². The Labute approximate surface area is 155 Å². The first-order chi connectivity index (χ1) is 12.0. The average Bonchev–Trinajstić information content (AvgIpc) is 2.61. The quantitative estimate of drug-likeness (QED) is 0.427. The standard InChI is InChI=1S/C18H26N2O5S/c1-6-20-14-10-9-13(8-7-11-25-26(5,23)24)12-15(14)19(4)16(21)18(2,3)17(20)22/h9-10,12H,6-8,11H2,1-5H3. The first-order valence-electron chi connectivity index (χ1n) is 8.56. The van der Waals surface area contributed by atoms with Crippen LogP contribution in [-0.2, 0) is 30.3 Å². The van der Waals surface area contributed by atoms with E-state index in [2.05, 4.69) is 0 Å². The number of anilines is 2. The van der Waals surface area contributed by atoms with Crippen molar-refractivity contribution in [2.75, 3.05) is 36.3 Å². The zero-order valence-corrected chi connectivity index (χ0v) is 16.7. The molecular weight excluding hydrogens is 356 g/mol. The number of fused-ring (bicyclic) bond motifs is 1. The Morgan fingerprint density at radius 2 is 1.77 bits per heavy atom. The molecule has 1 aromatic rings. The Hall–Kier alpha value is -1.93. The summed E-state index contributed by atoms with van der Waals surface area (Å²) in [7, 11) is -1.77. The van der Waals surface area contributed by atoms with E-state index in [4.69, 9.17) is 4.18 Å². The van der Waals surface area contributed by atoms with Crippen molar-refractivity contribution in [1.29, 1.82) is 0 Å². The molecule has 26 heavy (non-hydrogen) atoms. The molecule has 0 spiro atoms. The van der Waals surface area contributed by atoms with Crippen LogP contribution in [0.5, 0.6) is 0 Å². The summed E-state index contributed by atoms with van der Waals surface area (Å²) in [4.78, 5) is 28.7. The van der Waals surface area contributed by atoms with Crippen LogP contribution in [0.25, 0.3) is 0 Å². The van der Waals surface area contributed by atoms with Crippen molar-refractivity contribution in [3.05, 3.63) is 23.8 Å². The number of nitrogens with zero attached hydrogens (tertiary/aromatic N) is 2. The van der Waals surface area contributed by atoms with Gasteiger partial charge in [-0.3, -0.25) is 13.8 Å². The van der Waals surface area contributed by atoms with Crippen LogP contribution in [0, 0.1) is 5.41 Å². The summed E-state index contributed by atoms with van der Waals surface area (Å²) < 4.78 is 26.8. The predicted molar refractivity (Wildman–Crippen MR) is 101 cm³/mol. The summed E-state index contributed by atoms with van der Waals surface area (Å²) in [5.74, 6) is -0.470. The molecule has 1 heterocycles. The number of rotatable bonds is 6. The second kappa shape index (κ2) is 7.36. The highest BCUT2D eigenvalue weighted by molar-refractivity contribution is 7.85. The van der Waals surface area contributed by atoms with Gasteiger partial charge in [-0.15, -0.1) is 0 Å². The fraction of sp³-hybridized carbons (Fsp3) is 0.556. The third-order valence-electron chi connectivity index (χ3n) is 4.53. The minimum atomic E-state index is -3.44. The molecule has 0 fully saturated rings. The van der Waals surface area contributed by atoms with Gasteiger partial charge in [0.15, 0.2) is 0 Å². The fourth-order valence-electron chi connectivity index (χ4n) is 3.09. The number of benzene rings is 1. The van der Waals surface area contributed by atoms with Crippen molar-refractivity contribution in [2.24, 2.45) is 5.41 Å². The van der Waals surface area contributed by atoms with E-state index in [1.165, 1.54) is 4.90 Å². The van der Waals surface area contributed by atoms with Gasteiger partial charge in [-0.05, 0) is 51.3 Å². The predicted octanol–water partition coefficient (Wildman–Crippen LogP) is 1.95. The molecule has 144 valence electrons. The van der Waals surface area contributed by atoms with Crippen LogP contribution in [0.1, 0.15) is 32.8 Å². The van der Waals surface area contributed by atoms with Gasteiger partial charge >= 0.3 is 0 Å². The second-order valence-corrected chi connectivity index (χ2v) is 8.64. The van der Waals surface area contributed by atoms with E-state index < -0.39 is 15.5 Å². The van der Waals surface area contributed by atoms with Crippen molar-refractivity contribution >= 4 is 33.3 Å². The van der Waals surface area contributed by atoms with Gasteiger partial charge in [0.25, 0.3) is 10.1 Å². The third-order valence-corrected chi connectivity index (χ3v) is 5.13. The lowest BCUT2D eigenvalue weighted by Crippen LogP contribution is -2.47. The summed E-state index contributed by atoms with van der Waals surface area (Å²) in [6.45, 7) is 5.75. The zero-order chi connectivity index (χ0) is 19.7. The van der Waals surface area contributed by atoms with Gasteiger partial charge in [-0.25, -0.2) is 0 Å². The van der Waals surface area contributed by atoms with Gasteiger partial charge in [0.2, 0.25) is 11.8 Å². The maximum absolute atomic E-state index is 12.8. The molecule has 0 saturated heterocycles. The van der Waals surface area contributed by atoms with E-state index in [0.717, 1.165) is 11.8 Å². The first kappa shape index (κ1) is 20.4. The highest BCUT2D eigenvalue weighted by Crippen LogP contribution is 2.38. The Morgan fingerprint density at radius 3 is 2.35 bits per heavy atom. The molecule has 1 aromatic carbocycles. The maximum Gasteiger partial charge on any atom is 0.264 e. The smallest absolute Gasteiger partial charge is 0.264 e. The van der Waals surface area contributed by atoms with Crippen molar-refractivity contribution in [2.45, 2.75) is 33.6 Å². The lowest BCUT2D eigenvalue weighted by molar-refractivity contribution is -0.137. The Morgan fingerprint density at radius 1 is 1.12 bits per heavy atom. The normalized spacial score (nSPS) is 17.3. The van der Waals surface area contributed by atoms with E-state index in [-0.39, 0.29) is 18.4 Å². The van der Waals surface area contributed by atoms with Gasteiger partial charge in [-0.2, -0.15) is 8.42 Å². The number of carbonyl (C=O) groups excluding carboxylic acids is 2. The monoisotopic (exact) mass is 382 g/mol. The van der Waals surface area contributed by atoms with Crippen LogP contribution in [0.15, 0.2) is 18.2 Å². The molecule has 0 saturated carbocycles. The molecule has 8 heteroatoms. The minimum absolute atomic E-state index is 0.108. The summed E-state index contributed by atoms with van der Waals surface area (Å²) in [5.41, 5.74) is 1.20. The van der Waals surface area contributed by atoms with Crippen molar-refractivity contribution in [1.82, 2.24) is 0 Å². The highest BCUT2D eigenvalue weighted by Gasteiger charge is 2.45. The van der Waals surface area contributed by atoms with Crippen molar-refractivity contribution in [3.63, 3.8) is 0 Å². The average molecular weight is 382 g/mol. The maximum atomic E-state index is 12.8. The van der Waals surface area contributed by atoms with Crippen LogP contribution >= 0.6 is 0 Å². The molecule has 0 aliphatic carbocycles. The molecule has 0 radical (unpaired) electrons. The lowest BCUT2D eigenvalue weighted by Gasteiger charge is -2.27. The molecule has 0 atom stereocenters. The van der Waals surface area contributed by atoms with E-state index in [0.29, 0.717) is 30.8 Å². The molecular formula is C18H26N2O5S. The van der Waals surface area contributed by atoms with E-state index in [1.807, 2.05) is 25.1 Å². The van der Waals surface area contributed by atoms with Crippen LogP contribution in [0.2, 0.25) is 0 Å². The van der Waals surface area contributed by atoms with E-state index >= 15 is 0 Å². The molecule has 2 amide bonds. The Kier molecular flexibility index (Phi) is 5.77. The highest BCUT2D eigenvalue weighted by atomic mass is 32.2. The van der Waals surface area contributed by atoms with Gasteiger partial charge in [0.1, 0.15) is 5.41 Å². The number of amides is 2. The fourth-order valence-corrected chi connectivity index (χ4v) is 3.51. The first-order valence-corrected chi connectivity index (χ1v) is 10.4. The molecule has 7 nitrogen and oxygen atoms in total. The number of hydrogen-bond donors (Lipinski definition) is 0. The second-order valence-electron chi connectivity index (χ2n) is 6.99. The largest absolute Gasteiger partial charge is 0.313 e.